The Morgan fingerprint density at radius 2 is 2.44 bits per heavy atom. The van der Waals surface area contributed by atoms with Crippen molar-refractivity contribution in [1.29, 1.82) is 5.26 Å². The van der Waals surface area contributed by atoms with Crippen molar-refractivity contribution in [3.05, 3.63) is 12.2 Å². The molecule has 1 N–H and O–H groups in total. The number of aliphatic hydroxyl groups excluding tert-OH is 1. The summed E-state index contributed by atoms with van der Waals surface area (Å²) >= 11 is 0. The minimum Gasteiger partial charge on any atom is -0.388 e. The first-order chi connectivity index (χ1) is 4.22. The van der Waals surface area contributed by atoms with Crippen molar-refractivity contribution in [2.24, 2.45) is 0 Å². The summed E-state index contributed by atoms with van der Waals surface area (Å²) in [5.41, 5.74) is 0.261. The number of nitrogens with zero attached hydrogens (tertiary/aromatic N) is 1. The van der Waals surface area contributed by atoms with Crippen LogP contribution in [0.4, 0.5) is 0 Å². The van der Waals surface area contributed by atoms with E-state index in [9.17, 15) is 0 Å². The normalized spacial score (nSPS) is 12.1. The molecule has 0 aromatic carbocycles. The lowest BCUT2D eigenvalue weighted by molar-refractivity contribution is 0.204. The van der Waals surface area contributed by atoms with Crippen LogP contribution in [0.5, 0.6) is 0 Å². The van der Waals surface area contributed by atoms with Crippen molar-refractivity contribution >= 4 is 0 Å². The Kier molecular flexibility index (Phi) is 3.74. The summed E-state index contributed by atoms with van der Waals surface area (Å²) in [6, 6.07) is 1.81. The van der Waals surface area contributed by atoms with Gasteiger partial charge >= 0.3 is 0 Å². The summed E-state index contributed by atoms with van der Waals surface area (Å²) in [5.74, 6) is 0. The van der Waals surface area contributed by atoms with Gasteiger partial charge in [0.25, 0.3) is 0 Å². The number of rotatable bonds is 3. The van der Waals surface area contributed by atoms with Gasteiger partial charge in [-0.15, -0.1) is 0 Å². The number of hydrogen-bond donors (Lipinski definition) is 1. The SMILES string of the molecule is C=C(C#N)C(O)CCC. The van der Waals surface area contributed by atoms with Crippen molar-refractivity contribution in [2.45, 2.75) is 25.9 Å². The largest absolute Gasteiger partial charge is 0.388 e. The zero-order valence-electron chi connectivity index (χ0n) is 5.59. The molecule has 0 radical (unpaired) electrons. The van der Waals surface area contributed by atoms with Crippen LogP contribution in [-0.2, 0) is 0 Å². The first-order valence-electron chi connectivity index (χ1n) is 2.99. The smallest absolute Gasteiger partial charge is 0.0968 e. The number of hydrogen-bond acceptors (Lipinski definition) is 2. The van der Waals surface area contributed by atoms with Crippen LogP contribution in [0.2, 0.25) is 0 Å². The number of nitriles is 1. The molecule has 0 heterocycles. The molecule has 0 aromatic rings. The monoisotopic (exact) mass is 125 g/mol. The molecule has 0 aromatic heterocycles. The molecule has 0 fully saturated rings. The lowest BCUT2D eigenvalue weighted by atomic mass is 10.1. The molecule has 9 heavy (non-hydrogen) atoms. The molecule has 0 rings (SSSR count). The maximum absolute atomic E-state index is 9.00. The molecule has 0 saturated carbocycles. The molecule has 1 unspecified atom stereocenters. The summed E-state index contributed by atoms with van der Waals surface area (Å²) in [6.45, 7) is 5.33. The first-order valence-corrected chi connectivity index (χ1v) is 2.99. The van der Waals surface area contributed by atoms with Gasteiger partial charge in [0.2, 0.25) is 0 Å². The Bertz CT molecular complexity index is 134. The van der Waals surface area contributed by atoms with Gasteiger partial charge in [-0.05, 0) is 6.42 Å². The van der Waals surface area contributed by atoms with Gasteiger partial charge in [-0.25, -0.2) is 0 Å². The van der Waals surface area contributed by atoms with Crippen LogP contribution in [0.1, 0.15) is 19.8 Å². The van der Waals surface area contributed by atoms with Crippen LogP contribution in [-0.4, -0.2) is 11.2 Å². The average molecular weight is 125 g/mol. The van der Waals surface area contributed by atoms with Crippen LogP contribution in [0, 0.1) is 11.3 Å². The summed E-state index contributed by atoms with van der Waals surface area (Å²) in [6.07, 6.45) is 0.883. The third-order valence-corrected chi connectivity index (χ3v) is 1.11. The van der Waals surface area contributed by atoms with Gasteiger partial charge in [0.05, 0.1) is 17.7 Å². The molecule has 1 atom stereocenters. The lowest BCUT2D eigenvalue weighted by Crippen LogP contribution is -2.06. The molecular formula is C7H11NO. The third-order valence-electron chi connectivity index (χ3n) is 1.11. The molecule has 0 amide bonds. The van der Waals surface area contributed by atoms with Crippen LogP contribution in [0.15, 0.2) is 12.2 Å². The summed E-state index contributed by atoms with van der Waals surface area (Å²) in [4.78, 5) is 0. The number of aliphatic hydroxyl groups is 1. The molecule has 0 aliphatic rings. The van der Waals surface area contributed by atoms with Crippen molar-refractivity contribution in [3.8, 4) is 6.07 Å². The Hall–Kier alpha value is -0.810. The van der Waals surface area contributed by atoms with E-state index in [2.05, 4.69) is 6.58 Å². The van der Waals surface area contributed by atoms with Crippen LogP contribution in [0.3, 0.4) is 0 Å². The minimum atomic E-state index is -0.625. The van der Waals surface area contributed by atoms with E-state index in [0.29, 0.717) is 6.42 Å². The zero-order chi connectivity index (χ0) is 7.28. The van der Waals surface area contributed by atoms with Gasteiger partial charge < -0.3 is 5.11 Å². The van der Waals surface area contributed by atoms with Crippen molar-refractivity contribution in [1.82, 2.24) is 0 Å². The maximum atomic E-state index is 9.00. The van der Waals surface area contributed by atoms with E-state index in [4.69, 9.17) is 10.4 Å². The highest BCUT2D eigenvalue weighted by molar-refractivity contribution is 5.20. The van der Waals surface area contributed by atoms with E-state index in [-0.39, 0.29) is 5.57 Å². The molecule has 2 nitrogen and oxygen atoms in total. The zero-order valence-corrected chi connectivity index (χ0v) is 5.59. The molecule has 2 heteroatoms. The van der Waals surface area contributed by atoms with E-state index >= 15 is 0 Å². The standard InChI is InChI=1S/C7H11NO/c1-3-4-7(9)6(2)5-8/h7,9H,2-4H2,1H3. The molecule has 0 aliphatic heterocycles. The fourth-order valence-electron chi connectivity index (χ4n) is 0.522. The second-order valence-electron chi connectivity index (χ2n) is 1.94. The van der Waals surface area contributed by atoms with Crippen LogP contribution in [0.25, 0.3) is 0 Å². The summed E-state index contributed by atoms with van der Waals surface area (Å²) in [5, 5.41) is 17.2. The van der Waals surface area contributed by atoms with Gasteiger partial charge in [-0.2, -0.15) is 5.26 Å². The quantitative estimate of drug-likeness (QED) is 0.576. The van der Waals surface area contributed by atoms with Crippen LogP contribution < -0.4 is 0 Å². The van der Waals surface area contributed by atoms with E-state index in [1.165, 1.54) is 0 Å². The Labute approximate surface area is 55.4 Å². The Balaban J connectivity index is 3.62. The maximum Gasteiger partial charge on any atom is 0.0968 e. The Morgan fingerprint density at radius 3 is 2.78 bits per heavy atom. The second kappa shape index (κ2) is 4.11. The molecule has 0 aliphatic carbocycles. The molecule has 0 spiro atoms. The fraction of sp³-hybridized carbons (Fsp3) is 0.571. The summed E-state index contributed by atoms with van der Waals surface area (Å²) < 4.78 is 0. The fourth-order valence-corrected chi connectivity index (χ4v) is 0.522. The van der Waals surface area contributed by atoms with Gasteiger partial charge in [0.15, 0.2) is 0 Å². The predicted octanol–water partition coefficient (Wildman–Crippen LogP) is 1.23. The van der Waals surface area contributed by atoms with E-state index in [0.717, 1.165) is 6.42 Å². The highest BCUT2D eigenvalue weighted by Crippen LogP contribution is 2.03. The first kappa shape index (κ1) is 8.19. The lowest BCUT2D eigenvalue weighted by Gasteiger charge is -2.03. The van der Waals surface area contributed by atoms with E-state index < -0.39 is 6.10 Å². The van der Waals surface area contributed by atoms with Crippen molar-refractivity contribution in [3.63, 3.8) is 0 Å². The molecule has 0 saturated heterocycles. The van der Waals surface area contributed by atoms with E-state index in [1.807, 2.05) is 6.92 Å². The van der Waals surface area contributed by atoms with Gasteiger partial charge in [-0.3, -0.25) is 0 Å². The Morgan fingerprint density at radius 1 is 1.89 bits per heavy atom. The van der Waals surface area contributed by atoms with Gasteiger partial charge in [0, 0.05) is 0 Å². The van der Waals surface area contributed by atoms with Gasteiger partial charge in [-0.1, -0.05) is 19.9 Å². The minimum absolute atomic E-state index is 0.261. The molecule has 0 bridgehead atoms. The van der Waals surface area contributed by atoms with E-state index in [1.54, 1.807) is 6.07 Å². The predicted molar refractivity (Wildman–Crippen MR) is 35.7 cm³/mol. The topological polar surface area (TPSA) is 44.0 Å². The van der Waals surface area contributed by atoms with Crippen molar-refractivity contribution < 1.29 is 5.11 Å². The average Bonchev–Trinajstić information content (AvgIpc) is 1.87. The second-order valence-corrected chi connectivity index (χ2v) is 1.94. The third kappa shape index (κ3) is 2.89. The van der Waals surface area contributed by atoms with Crippen LogP contribution >= 0.6 is 0 Å². The van der Waals surface area contributed by atoms with Crippen molar-refractivity contribution in [2.75, 3.05) is 0 Å². The highest BCUT2D eigenvalue weighted by Gasteiger charge is 2.04. The molecular weight excluding hydrogens is 114 g/mol. The highest BCUT2D eigenvalue weighted by atomic mass is 16.3. The molecule has 50 valence electrons. The summed E-state index contributed by atoms with van der Waals surface area (Å²) in [7, 11) is 0. The van der Waals surface area contributed by atoms with Gasteiger partial charge in [0.1, 0.15) is 0 Å².